The summed E-state index contributed by atoms with van der Waals surface area (Å²) in [5.74, 6) is 0.788. The molecule has 1 rings (SSSR count). The van der Waals surface area contributed by atoms with E-state index in [0.717, 1.165) is 18.5 Å². The van der Waals surface area contributed by atoms with Crippen LogP contribution in [0.3, 0.4) is 0 Å². The Hall–Kier alpha value is 0.250. The van der Waals surface area contributed by atoms with Gasteiger partial charge >= 0.3 is 0 Å². The van der Waals surface area contributed by atoms with Gasteiger partial charge in [-0.05, 0) is 25.8 Å². The highest BCUT2D eigenvalue weighted by molar-refractivity contribution is 6.18. The molecule has 1 fully saturated rings. The summed E-state index contributed by atoms with van der Waals surface area (Å²) in [7, 11) is 0. The van der Waals surface area contributed by atoms with Gasteiger partial charge in [0.25, 0.3) is 0 Å². The van der Waals surface area contributed by atoms with Crippen molar-refractivity contribution in [1.82, 2.24) is 4.90 Å². The fourth-order valence-corrected chi connectivity index (χ4v) is 1.84. The lowest BCUT2D eigenvalue weighted by Gasteiger charge is -2.37. The van der Waals surface area contributed by atoms with Crippen LogP contribution in [0.1, 0.15) is 32.6 Å². The summed E-state index contributed by atoms with van der Waals surface area (Å²) >= 11 is 5.72. The fourth-order valence-electron chi connectivity index (χ4n) is 1.62. The molecule has 0 aromatic carbocycles. The highest BCUT2D eigenvalue weighted by atomic mass is 35.5. The van der Waals surface area contributed by atoms with E-state index in [2.05, 4.69) is 11.8 Å². The van der Waals surface area contributed by atoms with E-state index in [4.69, 9.17) is 11.6 Å². The largest absolute Gasteiger partial charge is 0.299 e. The summed E-state index contributed by atoms with van der Waals surface area (Å²) in [6.07, 6.45) is 5.48. The van der Waals surface area contributed by atoms with Crippen LogP contribution in [0, 0.1) is 0 Å². The Labute approximate surface area is 74.7 Å². The lowest BCUT2D eigenvalue weighted by Crippen LogP contribution is -2.41. The van der Waals surface area contributed by atoms with Crippen molar-refractivity contribution in [2.24, 2.45) is 0 Å². The number of nitrogens with zero attached hydrogens (tertiary/aromatic N) is 1. The Morgan fingerprint density at radius 1 is 1.36 bits per heavy atom. The van der Waals surface area contributed by atoms with Crippen LogP contribution >= 0.6 is 11.6 Å². The van der Waals surface area contributed by atoms with E-state index < -0.39 is 0 Å². The zero-order valence-electron chi connectivity index (χ0n) is 7.35. The molecule has 1 saturated carbocycles. The standard InChI is InChI=1S/C9H18ClN/c1-2-7-11(8-6-10)9-4-3-5-9/h9H,2-8H2,1H3. The SMILES string of the molecule is CCCN(CCCl)C1CCC1. The van der Waals surface area contributed by atoms with Crippen LogP contribution in [0.25, 0.3) is 0 Å². The predicted octanol–water partition coefficient (Wildman–Crippen LogP) is 2.49. The number of rotatable bonds is 5. The van der Waals surface area contributed by atoms with Crippen molar-refractivity contribution >= 4 is 11.6 Å². The Morgan fingerprint density at radius 3 is 2.45 bits per heavy atom. The topological polar surface area (TPSA) is 3.24 Å². The van der Waals surface area contributed by atoms with Gasteiger partial charge in [-0.2, -0.15) is 0 Å². The summed E-state index contributed by atoms with van der Waals surface area (Å²) in [5, 5.41) is 0. The number of halogens is 1. The van der Waals surface area contributed by atoms with Crippen molar-refractivity contribution in [2.75, 3.05) is 19.0 Å². The first kappa shape index (κ1) is 9.34. The van der Waals surface area contributed by atoms with E-state index in [9.17, 15) is 0 Å². The summed E-state index contributed by atoms with van der Waals surface area (Å²) < 4.78 is 0. The maximum Gasteiger partial charge on any atom is 0.0351 e. The Kier molecular flexibility index (Phi) is 4.24. The maximum atomic E-state index is 5.72. The predicted molar refractivity (Wildman–Crippen MR) is 50.2 cm³/mol. The molecule has 0 N–H and O–H groups in total. The van der Waals surface area contributed by atoms with Gasteiger partial charge in [-0.25, -0.2) is 0 Å². The molecule has 66 valence electrons. The van der Waals surface area contributed by atoms with E-state index in [-0.39, 0.29) is 0 Å². The van der Waals surface area contributed by atoms with E-state index in [0.29, 0.717) is 0 Å². The van der Waals surface area contributed by atoms with Gasteiger partial charge in [0.05, 0.1) is 0 Å². The Balaban J connectivity index is 2.19. The second-order valence-corrected chi connectivity index (χ2v) is 3.69. The lowest BCUT2D eigenvalue weighted by molar-refractivity contribution is 0.135. The van der Waals surface area contributed by atoms with Gasteiger partial charge in [-0.15, -0.1) is 11.6 Å². The second kappa shape index (κ2) is 5.00. The minimum Gasteiger partial charge on any atom is -0.299 e. The summed E-state index contributed by atoms with van der Waals surface area (Å²) in [6, 6.07) is 0.869. The smallest absolute Gasteiger partial charge is 0.0351 e. The molecule has 0 bridgehead atoms. The molecule has 0 spiro atoms. The van der Waals surface area contributed by atoms with Crippen molar-refractivity contribution in [1.29, 1.82) is 0 Å². The highest BCUT2D eigenvalue weighted by Gasteiger charge is 2.23. The van der Waals surface area contributed by atoms with E-state index >= 15 is 0 Å². The van der Waals surface area contributed by atoms with E-state index in [1.807, 2.05) is 0 Å². The van der Waals surface area contributed by atoms with E-state index in [1.165, 1.54) is 32.2 Å². The molecule has 1 aliphatic carbocycles. The quantitative estimate of drug-likeness (QED) is 0.581. The van der Waals surface area contributed by atoms with Crippen LogP contribution in [0.5, 0.6) is 0 Å². The average molecular weight is 176 g/mol. The van der Waals surface area contributed by atoms with Gasteiger partial charge in [0.1, 0.15) is 0 Å². The monoisotopic (exact) mass is 175 g/mol. The molecule has 0 atom stereocenters. The summed E-state index contributed by atoms with van der Waals surface area (Å²) in [4.78, 5) is 2.54. The van der Waals surface area contributed by atoms with Crippen LogP contribution < -0.4 is 0 Å². The second-order valence-electron chi connectivity index (χ2n) is 3.31. The van der Waals surface area contributed by atoms with Gasteiger partial charge in [-0.1, -0.05) is 13.3 Å². The molecule has 0 saturated heterocycles. The zero-order chi connectivity index (χ0) is 8.10. The lowest BCUT2D eigenvalue weighted by atomic mass is 9.91. The molecule has 1 aliphatic rings. The number of alkyl halides is 1. The fraction of sp³-hybridized carbons (Fsp3) is 1.00. The van der Waals surface area contributed by atoms with Crippen LogP contribution in [0.2, 0.25) is 0 Å². The first-order chi connectivity index (χ1) is 5.38. The van der Waals surface area contributed by atoms with Crippen molar-refractivity contribution in [2.45, 2.75) is 38.6 Å². The first-order valence-corrected chi connectivity index (χ1v) is 5.22. The van der Waals surface area contributed by atoms with Crippen LogP contribution in [0.15, 0.2) is 0 Å². The maximum absolute atomic E-state index is 5.72. The molecule has 0 amide bonds. The van der Waals surface area contributed by atoms with Crippen molar-refractivity contribution in [3.8, 4) is 0 Å². The number of hydrogen-bond donors (Lipinski definition) is 0. The third-order valence-electron chi connectivity index (χ3n) is 2.47. The van der Waals surface area contributed by atoms with Gasteiger partial charge in [0.2, 0.25) is 0 Å². The average Bonchev–Trinajstić information content (AvgIpc) is 1.85. The van der Waals surface area contributed by atoms with Crippen LogP contribution in [-0.4, -0.2) is 29.9 Å². The molecule has 0 aromatic heterocycles. The Morgan fingerprint density at radius 2 is 2.09 bits per heavy atom. The highest BCUT2D eigenvalue weighted by Crippen LogP contribution is 2.24. The molecule has 0 unspecified atom stereocenters. The molecule has 0 heterocycles. The van der Waals surface area contributed by atoms with Crippen molar-refractivity contribution < 1.29 is 0 Å². The summed E-state index contributed by atoms with van der Waals surface area (Å²) in [5.41, 5.74) is 0. The molecule has 0 radical (unpaired) electrons. The third-order valence-corrected chi connectivity index (χ3v) is 2.64. The minimum absolute atomic E-state index is 0.788. The Bertz CT molecular complexity index is 95.7. The number of hydrogen-bond acceptors (Lipinski definition) is 1. The van der Waals surface area contributed by atoms with Crippen LogP contribution in [-0.2, 0) is 0 Å². The molecular weight excluding hydrogens is 158 g/mol. The normalized spacial score (nSPS) is 18.8. The van der Waals surface area contributed by atoms with Gasteiger partial charge in [-0.3, -0.25) is 4.90 Å². The van der Waals surface area contributed by atoms with E-state index in [1.54, 1.807) is 0 Å². The first-order valence-electron chi connectivity index (χ1n) is 4.68. The zero-order valence-corrected chi connectivity index (χ0v) is 8.11. The third kappa shape index (κ3) is 2.64. The molecular formula is C9H18ClN. The molecule has 0 aromatic rings. The molecule has 11 heavy (non-hydrogen) atoms. The minimum atomic E-state index is 0.788. The van der Waals surface area contributed by atoms with Gasteiger partial charge < -0.3 is 0 Å². The molecule has 2 heteroatoms. The van der Waals surface area contributed by atoms with Gasteiger partial charge in [0, 0.05) is 18.5 Å². The van der Waals surface area contributed by atoms with Crippen molar-refractivity contribution in [3.63, 3.8) is 0 Å². The van der Waals surface area contributed by atoms with Gasteiger partial charge in [0.15, 0.2) is 0 Å². The molecule has 0 aliphatic heterocycles. The van der Waals surface area contributed by atoms with Crippen LogP contribution in [0.4, 0.5) is 0 Å². The summed E-state index contributed by atoms with van der Waals surface area (Å²) in [6.45, 7) is 4.55. The molecule has 1 nitrogen and oxygen atoms in total. The van der Waals surface area contributed by atoms with Crippen molar-refractivity contribution in [3.05, 3.63) is 0 Å².